The van der Waals surface area contributed by atoms with E-state index in [9.17, 15) is 13.2 Å². The molecule has 0 saturated heterocycles. The molecule has 9 heteroatoms. The first-order valence-corrected chi connectivity index (χ1v) is 14.9. The highest BCUT2D eigenvalue weighted by atomic mass is 32.2. The highest BCUT2D eigenvalue weighted by Crippen LogP contribution is 2.34. The number of carbonyl (C=O) groups is 1. The van der Waals surface area contributed by atoms with Crippen molar-refractivity contribution in [2.45, 2.75) is 44.2 Å². The molecule has 2 aliphatic rings. The first-order valence-electron chi connectivity index (χ1n) is 13.4. The maximum absolute atomic E-state index is 13.5. The Labute approximate surface area is 234 Å². The van der Waals surface area contributed by atoms with Crippen LogP contribution in [0.3, 0.4) is 0 Å². The number of hydrogen-bond acceptors (Lipinski definition) is 6. The lowest BCUT2D eigenvalue weighted by Gasteiger charge is -2.34. The highest BCUT2D eigenvalue weighted by molar-refractivity contribution is 7.92. The molecule has 0 aliphatic carbocycles. The Kier molecular flexibility index (Phi) is 6.75. The van der Waals surface area contributed by atoms with Crippen molar-refractivity contribution >= 4 is 21.9 Å². The molecule has 0 spiro atoms. The van der Waals surface area contributed by atoms with Crippen LogP contribution in [-0.4, -0.2) is 35.7 Å². The fourth-order valence-electron chi connectivity index (χ4n) is 5.22. The van der Waals surface area contributed by atoms with E-state index in [0.29, 0.717) is 24.7 Å². The summed E-state index contributed by atoms with van der Waals surface area (Å²) in [5.41, 5.74) is 4.78. The molecule has 1 unspecified atom stereocenters. The predicted octanol–water partition coefficient (Wildman–Crippen LogP) is 5.62. The molecule has 2 aliphatic heterocycles. The van der Waals surface area contributed by atoms with Gasteiger partial charge in [-0.15, -0.1) is 0 Å². The van der Waals surface area contributed by atoms with E-state index in [0.717, 1.165) is 35.1 Å². The number of aryl methyl sites for hydroxylation is 1. The molecule has 6 bridgehead atoms. The van der Waals surface area contributed by atoms with Crippen molar-refractivity contribution in [3.05, 3.63) is 101 Å². The van der Waals surface area contributed by atoms with E-state index in [1.165, 1.54) is 12.1 Å². The molecule has 3 heterocycles. The number of rotatable bonds is 4. The third kappa shape index (κ3) is 5.16. The topological polar surface area (TPSA) is 101 Å². The summed E-state index contributed by atoms with van der Waals surface area (Å²) in [5.74, 6) is 0.392. The lowest BCUT2D eigenvalue weighted by molar-refractivity contribution is 0.0589. The van der Waals surface area contributed by atoms with Crippen LogP contribution in [0.25, 0.3) is 11.3 Å². The smallest absolute Gasteiger partial charge is 0.264 e. The summed E-state index contributed by atoms with van der Waals surface area (Å²) in [5, 5.41) is 0. The Hall–Kier alpha value is -4.24. The second-order valence-corrected chi connectivity index (χ2v) is 12.3. The number of hydrogen-bond donors (Lipinski definition) is 1. The van der Waals surface area contributed by atoms with Gasteiger partial charge in [0.05, 0.1) is 17.1 Å². The number of fused-ring (bicyclic) bond motifs is 8. The molecule has 0 fully saturated rings. The molecule has 0 radical (unpaired) electrons. The lowest BCUT2D eigenvalue weighted by Crippen LogP contribution is -2.40. The molecule has 6 rings (SSSR count). The number of sulfonamides is 1. The van der Waals surface area contributed by atoms with Crippen LogP contribution in [-0.2, 0) is 23.0 Å². The van der Waals surface area contributed by atoms with Gasteiger partial charge in [0, 0.05) is 23.7 Å². The summed E-state index contributed by atoms with van der Waals surface area (Å²) >= 11 is 0. The average Bonchev–Trinajstić information content (AvgIpc) is 2.95. The Morgan fingerprint density at radius 3 is 2.65 bits per heavy atom. The molecule has 1 atom stereocenters. The van der Waals surface area contributed by atoms with Crippen molar-refractivity contribution in [2.24, 2.45) is 5.92 Å². The quantitative estimate of drug-likeness (QED) is 0.351. The van der Waals surface area contributed by atoms with Gasteiger partial charge in [0.15, 0.2) is 0 Å². The van der Waals surface area contributed by atoms with Crippen molar-refractivity contribution in [3.63, 3.8) is 0 Å². The summed E-state index contributed by atoms with van der Waals surface area (Å²) in [6.07, 6.45) is 1.36. The SMILES string of the molecule is CC(C)CCc1ccccc1-c1cc2nc(n1)NS(=O)(=O)c1cccc(c1)C(=O)N1Cc3ccccc3C(C1)O2. The molecule has 40 heavy (non-hydrogen) atoms. The molecule has 1 aromatic heterocycles. The third-order valence-corrected chi connectivity index (χ3v) is 8.63. The second-order valence-electron chi connectivity index (χ2n) is 10.6. The summed E-state index contributed by atoms with van der Waals surface area (Å²) in [4.78, 5) is 24.3. The van der Waals surface area contributed by atoms with Gasteiger partial charge in [0.25, 0.3) is 15.9 Å². The number of carbonyl (C=O) groups excluding carboxylic acids is 1. The van der Waals surface area contributed by atoms with Crippen molar-refractivity contribution in [1.82, 2.24) is 14.9 Å². The van der Waals surface area contributed by atoms with E-state index >= 15 is 0 Å². The Morgan fingerprint density at radius 2 is 1.80 bits per heavy atom. The first-order chi connectivity index (χ1) is 19.3. The number of aromatic nitrogens is 2. The molecule has 3 aromatic carbocycles. The molecule has 204 valence electrons. The number of benzene rings is 3. The molecule has 1 amide bonds. The minimum Gasteiger partial charge on any atom is -0.467 e. The van der Waals surface area contributed by atoms with E-state index in [-0.39, 0.29) is 28.2 Å². The van der Waals surface area contributed by atoms with Gasteiger partial charge in [-0.1, -0.05) is 68.4 Å². The van der Waals surface area contributed by atoms with E-state index in [1.807, 2.05) is 42.5 Å². The maximum atomic E-state index is 13.5. The van der Waals surface area contributed by atoms with Gasteiger partial charge in [-0.25, -0.2) is 18.1 Å². The Bertz CT molecular complexity index is 1700. The number of nitrogens with zero attached hydrogens (tertiary/aromatic N) is 3. The number of anilines is 1. The van der Waals surface area contributed by atoms with E-state index in [1.54, 1.807) is 23.1 Å². The van der Waals surface area contributed by atoms with Crippen molar-refractivity contribution < 1.29 is 17.9 Å². The summed E-state index contributed by atoms with van der Waals surface area (Å²) in [6.45, 7) is 5.06. The fraction of sp³-hybridized carbons (Fsp3) is 0.258. The number of amides is 1. The lowest BCUT2D eigenvalue weighted by atomic mass is 9.96. The highest BCUT2D eigenvalue weighted by Gasteiger charge is 2.32. The van der Waals surface area contributed by atoms with E-state index in [4.69, 9.17) is 4.74 Å². The number of nitrogens with one attached hydrogen (secondary N) is 1. The van der Waals surface area contributed by atoms with Crippen molar-refractivity contribution in [2.75, 3.05) is 11.3 Å². The zero-order chi connectivity index (χ0) is 27.9. The molecule has 4 aromatic rings. The van der Waals surface area contributed by atoms with E-state index in [2.05, 4.69) is 34.6 Å². The molecule has 8 nitrogen and oxygen atoms in total. The second kappa shape index (κ2) is 10.4. The predicted molar refractivity (Wildman–Crippen MR) is 152 cm³/mol. The van der Waals surface area contributed by atoms with Gasteiger partial charge in [-0.05, 0) is 53.6 Å². The van der Waals surface area contributed by atoms with Gasteiger partial charge >= 0.3 is 0 Å². The maximum Gasteiger partial charge on any atom is 0.264 e. The zero-order valence-corrected chi connectivity index (χ0v) is 23.2. The summed E-state index contributed by atoms with van der Waals surface area (Å²) < 4.78 is 35.8. The van der Waals surface area contributed by atoms with Crippen LogP contribution in [0.15, 0.2) is 83.8 Å². The standard InChI is InChI=1S/C31H30N4O4S/c1-20(2)14-15-21-8-3-5-12-25(21)27-17-29-33-31(32-27)34-40(37,38)24-11-7-10-22(16-24)30(36)35-18-23-9-4-6-13-26(23)28(19-35)39-29/h3-13,16-17,20,28H,14-15,18-19H2,1-2H3,(H,32,33,34). The molecule has 1 N–H and O–H groups in total. The minimum atomic E-state index is -4.09. The Morgan fingerprint density at radius 1 is 1.00 bits per heavy atom. The van der Waals surface area contributed by atoms with Crippen molar-refractivity contribution in [3.8, 4) is 17.1 Å². The first kappa shape index (κ1) is 26.0. The molecular weight excluding hydrogens is 524 g/mol. The Balaban J connectivity index is 1.52. The zero-order valence-electron chi connectivity index (χ0n) is 22.4. The molecular formula is C31H30N4O4S. The van der Waals surface area contributed by atoms with Crippen LogP contribution in [0.2, 0.25) is 0 Å². The summed E-state index contributed by atoms with van der Waals surface area (Å²) in [6, 6.07) is 23.6. The normalized spacial score (nSPS) is 17.5. The summed E-state index contributed by atoms with van der Waals surface area (Å²) in [7, 11) is -4.09. The van der Waals surface area contributed by atoms with Gasteiger partial charge in [-0.3, -0.25) is 4.79 Å². The van der Waals surface area contributed by atoms with Crippen LogP contribution in [0.4, 0.5) is 5.95 Å². The van der Waals surface area contributed by atoms with Crippen LogP contribution in [0.1, 0.15) is 53.4 Å². The fourth-order valence-corrected chi connectivity index (χ4v) is 6.21. The molecule has 0 saturated carbocycles. The monoisotopic (exact) mass is 554 g/mol. The third-order valence-electron chi connectivity index (χ3n) is 7.30. The van der Waals surface area contributed by atoms with Crippen LogP contribution < -0.4 is 9.46 Å². The largest absolute Gasteiger partial charge is 0.467 e. The van der Waals surface area contributed by atoms with Crippen LogP contribution >= 0.6 is 0 Å². The number of ether oxygens (including phenoxy) is 1. The minimum absolute atomic E-state index is 0.0413. The van der Waals surface area contributed by atoms with Gasteiger partial charge in [0.2, 0.25) is 11.8 Å². The van der Waals surface area contributed by atoms with Gasteiger partial charge in [-0.2, -0.15) is 4.98 Å². The average molecular weight is 555 g/mol. The van der Waals surface area contributed by atoms with Crippen LogP contribution in [0, 0.1) is 5.92 Å². The van der Waals surface area contributed by atoms with Gasteiger partial charge < -0.3 is 9.64 Å². The van der Waals surface area contributed by atoms with E-state index < -0.39 is 16.1 Å². The van der Waals surface area contributed by atoms with Gasteiger partial charge in [0.1, 0.15) is 6.10 Å². The van der Waals surface area contributed by atoms with Crippen LogP contribution in [0.5, 0.6) is 5.88 Å². The van der Waals surface area contributed by atoms with Crippen molar-refractivity contribution in [1.29, 1.82) is 0 Å².